The lowest BCUT2D eigenvalue weighted by Gasteiger charge is -2.14. The number of carboxylic acid groups (broad SMARTS) is 1. The van der Waals surface area contributed by atoms with Gasteiger partial charge in [0.05, 0.1) is 33.6 Å². The van der Waals surface area contributed by atoms with Crippen molar-refractivity contribution in [3.05, 3.63) is 0 Å². The van der Waals surface area contributed by atoms with Crippen LogP contribution < -0.4 is 0 Å². The molecule has 0 aromatic rings. The van der Waals surface area contributed by atoms with E-state index in [1.165, 1.54) is 0 Å². The van der Waals surface area contributed by atoms with Crippen molar-refractivity contribution in [2.24, 2.45) is 5.41 Å². The van der Waals surface area contributed by atoms with E-state index < -0.39 is 11.4 Å². The van der Waals surface area contributed by atoms with Crippen LogP contribution in [0.3, 0.4) is 0 Å². The first-order chi connectivity index (χ1) is 4.94. The Hall–Kier alpha value is -0.570. The zero-order valence-corrected chi connectivity index (χ0v) is 9.30. The highest BCUT2D eigenvalue weighted by Gasteiger charge is 2.18. The van der Waals surface area contributed by atoms with Crippen molar-refractivity contribution in [1.82, 2.24) is 0 Å². The number of quaternary nitrogens is 1. The van der Waals surface area contributed by atoms with Crippen LogP contribution in [0.1, 0.15) is 20.8 Å². The molecular weight excluding hydrogens is 154 g/mol. The molecule has 0 spiro atoms. The predicted octanol–water partition coefficient (Wildman–Crippen LogP) is 1.44. The van der Waals surface area contributed by atoms with E-state index in [4.69, 9.17) is 5.11 Å². The third-order valence-electron chi connectivity index (χ3n) is 0.642. The van der Waals surface area contributed by atoms with Crippen LogP contribution in [0.5, 0.6) is 0 Å². The molecule has 0 atom stereocenters. The normalized spacial score (nSPS) is 11.6. The van der Waals surface area contributed by atoms with Crippen LogP contribution >= 0.6 is 0 Å². The zero-order valence-electron chi connectivity index (χ0n) is 9.30. The molecule has 3 nitrogen and oxygen atoms in total. The first-order valence-electron chi connectivity index (χ1n) is 3.97. The predicted molar refractivity (Wildman–Crippen MR) is 51.0 cm³/mol. The van der Waals surface area contributed by atoms with Crippen LogP contribution in [0, 0.1) is 5.41 Å². The highest BCUT2D eigenvalue weighted by molar-refractivity contribution is 5.72. The van der Waals surface area contributed by atoms with Gasteiger partial charge in [-0.15, -0.1) is 0 Å². The van der Waals surface area contributed by atoms with Gasteiger partial charge >= 0.3 is 5.97 Å². The maximum atomic E-state index is 10.0. The van der Waals surface area contributed by atoms with Gasteiger partial charge < -0.3 is 9.59 Å². The summed E-state index contributed by atoms with van der Waals surface area (Å²) in [6.07, 6.45) is 0. The van der Waals surface area contributed by atoms with Gasteiger partial charge in [0.2, 0.25) is 0 Å². The van der Waals surface area contributed by atoms with E-state index in [0.29, 0.717) is 0 Å². The lowest BCUT2D eigenvalue weighted by atomic mass is 9.98. The molecule has 0 bridgehead atoms. The van der Waals surface area contributed by atoms with E-state index >= 15 is 0 Å². The summed E-state index contributed by atoms with van der Waals surface area (Å²) in [7, 11) is 8.50. The molecule has 0 rings (SSSR count). The van der Waals surface area contributed by atoms with Crippen molar-refractivity contribution < 1.29 is 14.4 Å². The molecule has 0 unspecified atom stereocenters. The van der Waals surface area contributed by atoms with Crippen LogP contribution in [0.25, 0.3) is 0 Å². The van der Waals surface area contributed by atoms with Gasteiger partial charge in [0.1, 0.15) is 0 Å². The second kappa shape index (κ2) is 4.45. The van der Waals surface area contributed by atoms with Crippen LogP contribution in [-0.4, -0.2) is 43.7 Å². The lowest BCUT2D eigenvalue weighted by molar-refractivity contribution is -0.849. The SMILES string of the molecule is CC(C)(C)C(=O)O.C[N+](C)(C)C. The van der Waals surface area contributed by atoms with E-state index in [0.717, 1.165) is 4.48 Å². The summed E-state index contributed by atoms with van der Waals surface area (Å²) < 4.78 is 1.00. The third kappa shape index (κ3) is 22.7. The molecule has 1 N–H and O–H groups in total. The van der Waals surface area contributed by atoms with E-state index in [9.17, 15) is 4.79 Å². The maximum Gasteiger partial charge on any atom is 0.308 e. The fraction of sp³-hybridized carbons (Fsp3) is 0.889. The van der Waals surface area contributed by atoms with Gasteiger partial charge in [-0.05, 0) is 20.8 Å². The van der Waals surface area contributed by atoms with Gasteiger partial charge in [-0.25, -0.2) is 0 Å². The molecule has 0 saturated heterocycles. The molecule has 0 aliphatic carbocycles. The standard InChI is InChI=1S/C5H10O2.C4H12N/c1-5(2,3)4(6)7;1-5(2,3)4/h1-3H3,(H,6,7);1-4H3/q;+1. The monoisotopic (exact) mass is 176 g/mol. The number of aliphatic carboxylic acids is 1. The molecule has 0 heterocycles. The molecule has 0 aliphatic heterocycles. The summed E-state index contributed by atoms with van der Waals surface area (Å²) in [4.78, 5) is 10.0. The largest absolute Gasteiger partial charge is 0.481 e. The highest BCUT2D eigenvalue weighted by Crippen LogP contribution is 2.11. The summed E-state index contributed by atoms with van der Waals surface area (Å²) in [5.74, 6) is -0.757. The molecular formula is C9H22NO2+. The van der Waals surface area contributed by atoms with Crippen molar-refractivity contribution in [3.8, 4) is 0 Å². The molecule has 12 heavy (non-hydrogen) atoms. The second-order valence-electron chi connectivity index (χ2n) is 5.24. The lowest BCUT2D eigenvalue weighted by Crippen LogP contribution is -2.27. The summed E-state index contributed by atoms with van der Waals surface area (Å²) in [5, 5.41) is 8.25. The topological polar surface area (TPSA) is 37.3 Å². The smallest absolute Gasteiger partial charge is 0.308 e. The van der Waals surface area contributed by atoms with Crippen molar-refractivity contribution >= 4 is 5.97 Å². The Kier molecular flexibility index (Phi) is 5.19. The fourth-order valence-corrected chi connectivity index (χ4v) is 0. The first-order valence-corrected chi connectivity index (χ1v) is 3.97. The molecule has 0 aromatic heterocycles. The van der Waals surface area contributed by atoms with Crippen LogP contribution in [0.2, 0.25) is 0 Å². The van der Waals surface area contributed by atoms with Gasteiger partial charge in [0, 0.05) is 0 Å². The van der Waals surface area contributed by atoms with Gasteiger partial charge in [-0.1, -0.05) is 0 Å². The summed E-state index contributed by atoms with van der Waals surface area (Å²) in [6.45, 7) is 4.99. The number of nitrogens with zero attached hydrogens (tertiary/aromatic N) is 1. The molecule has 0 aliphatic rings. The zero-order chi connectivity index (χ0) is 10.6. The van der Waals surface area contributed by atoms with Crippen molar-refractivity contribution in [2.75, 3.05) is 28.2 Å². The molecule has 74 valence electrons. The average Bonchev–Trinajstić information content (AvgIpc) is 1.55. The van der Waals surface area contributed by atoms with E-state index in [1.807, 2.05) is 0 Å². The molecule has 0 saturated carbocycles. The fourth-order valence-electron chi connectivity index (χ4n) is 0. The number of carboxylic acids is 1. The Bertz CT molecular complexity index is 134. The Balaban J connectivity index is 0. The number of hydrogen-bond acceptors (Lipinski definition) is 1. The number of hydrogen-bond donors (Lipinski definition) is 1. The summed E-state index contributed by atoms with van der Waals surface area (Å²) in [6, 6.07) is 0. The van der Waals surface area contributed by atoms with E-state index in [1.54, 1.807) is 20.8 Å². The first kappa shape index (κ1) is 14.0. The number of carbonyl (C=O) groups is 1. The maximum absolute atomic E-state index is 10.0. The third-order valence-corrected chi connectivity index (χ3v) is 0.642. The Labute approximate surface area is 75.6 Å². The van der Waals surface area contributed by atoms with Gasteiger partial charge in [0.15, 0.2) is 0 Å². The van der Waals surface area contributed by atoms with Gasteiger partial charge in [0.25, 0.3) is 0 Å². The molecule has 3 heteroatoms. The van der Waals surface area contributed by atoms with Crippen molar-refractivity contribution in [1.29, 1.82) is 0 Å². The minimum atomic E-state index is -0.757. The van der Waals surface area contributed by atoms with E-state index in [2.05, 4.69) is 28.2 Å². The minimum absolute atomic E-state index is 0.583. The second-order valence-corrected chi connectivity index (χ2v) is 5.24. The van der Waals surface area contributed by atoms with Crippen LogP contribution in [0.4, 0.5) is 0 Å². The molecule has 0 fully saturated rings. The highest BCUT2D eigenvalue weighted by atomic mass is 16.4. The summed E-state index contributed by atoms with van der Waals surface area (Å²) >= 11 is 0. The van der Waals surface area contributed by atoms with Crippen molar-refractivity contribution in [3.63, 3.8) is 0 Å². The van der Waals surface area contributed by atoms with Gasteiger partial charge in [-0.2, -0.15) is 0 Å². The molecule has 0 amide bonds. The van der Waals surface area contributed by atoms with Crippen molar-refractivity contribution in [2.45, 2.75) is 20.8 Å². The van der Waals surface area contributed by atoms with Crippen LogP contribution in [-0.2, 0) is 4.79 Å². The quantitative estimate of drug-likeness (QED) is 0.567. The Morgan fingerprint density at radius 3 is 1.17 bits per heavy atom. The molecule has 0 aromatic carbocycles. The Morgan fingerprint density at radius 2 is 1.17 bits per heavy atom. The van der Waals surface area contributed by atoms with E-state index in [-0.39, 0.29) is 0 Å². The van der Waals surface area contributed by atoms with Gasteiger partial charge in [-0.3, -0.25) is 4.79 Å². The van der Waals surface area contributed by atoms with Crippen LogP contribution in [0.15, 0.2) is 0 Å². The Morgan fingerprint density at radius 1 is 1.08 bits per heavy atom. The number of rotatable bonds is 0. The minimum Gasteiger partial charge on any atom is -0.481 e. The average molecular weight is 176 g/mol. The molecule has 0 radical (unpaired) electrons. The summed E-state index contributed by atoms with van der Waals surface area (Å²) in [5.41, 5.74) is -0.583.